The van der Waals surface area contributed by atoms with Crippen molar-refractivity contribution in [2.24, 2.45) is 0 Å². The summed E-state index contributed by atoms with van der Waals surface area (Å²) < 4.78 is 26.6. The van der Waals surface area contributed by atoms with Gasteiger partial charge < -0.3 is 5.11 Å². The lowest BCUT2D eigenvalue weighted by molar-refractivity contribution is -0.137. The summed E-state index contributed by atoms with van der Waals surface area (Å²) in [5, 5.41) is 8.24. The topological polar surface area (TPSA) is 87.6 Å². The number of amides is 2. The molecule has 2 heterocycles. The van der Waals surface area contributed by atoms with Crippen LogP contribution in [0.1, 0.15) is 31.4 Å². The molecule has 1 saturated heterocycles. The SMILES string of the molecule is O=C(O)CCCCCN1C(=O)S/C(=C\c2cccc(-c3ccc(F)c(F)c3)n2)C1=O. The van der Waals surface area contributed by atoms with Crippen molar-refractivity contribution in [3.8, 4) is 11.3 Å². The van der Waals surface area contributed by atoms with E-state index in [9.17, 15) is 23.2 Å². The lowest BCUT2D eigenvalue weighted by Gasteiger charge is -2.11. The first kappa shape index (κ1) is 21.6. The van der Waals surface area contributed by atoms with Crippen LogP contribution >= 0.6 is 11.8 Å². The second kappa shape index (κ2) is 9.62. The van der Waals surface area contributed by atoms with Gasteiger partial charge in [0.2, 0.25) is 0 Å². The Labute approximate surface area is 175 Å². The third-order valence-corrected chi connectivity index (χ3v) is 5.32. The molecule has 0 bridgehead atoms. The van der Waals surface area contributed by atoms with Gasteiger partial charge in [0.05, 0.1) is 16.3 Å². The Balaban J connectivity index is 1.69. The van der Waals surface area contributed by atoms with E-state index in [1.54, 1.807) is 18.2 Å². The van der Waals surface area contributed by atoms with Crippen molar-refractivity contribution < 1.29 is 28.3 Å². The highest BCUT2D eigenvalue weighted by Crippen LogP contribution is 2.32. The number of unbranched alkanes of at least 4 members (excludes halogenated alkanes) is 2. The molecule has 30 heavy (non-hydrogen) atoms. The number of pyridine rings is 1. The van der Waals surface area contributed by atoms with Gasteiger partial charge in [-0.25, -0.2) is 13.8 Å². The predicted octanol–water partition coefficient (Wildman–Crippen LogP) is 4.71. The molecule has 0 atom stereocenters. The number of aliphatic carboxylic acids is 1. The van der Waals surface area contributed by atoms with Crippen LogP contribution in [0.15, 0.2) is 41.3 Å². The van der Waals surface area contributed by atoms with Gasteiger partial charge in [0.15, 0.2) is 11.6 Å². The highest BCUT2D eigenvalue weighted by atomic mass is 32.2. The molecule has 0 radical (unpaired) electrons. The van der Waals surface area contributed by atoms with Gasteiger partial charge in [-0.3, -0.25) is 19.3 Å². The van der Waals surface area contributed by atoms with Gasteiger partial charge in [-0.2, -0.15) is 0 Å². The van der Waals surface area contributed by atoms with Crippen LogP contribution in [0.4, 0.5) is 13.6 Å². The maximum atomic E-state index is 13.5. The molecule has 1 aliphatic heterocycles. The third kappa shape index (κ3) is 5.29. The Morgan fingerprint density at radius 2 is 1.90 bits per heavy atom. The number of carboxylic acid groups (broad SMARTS) is 1. The summed E-state index contributed by atoms with van der Waals surface area (Å²) in [5.41, 5.74) is 1.20. The number of carboxylic acids is 1. The Kier molecular flexibility index (Phi) is 6.94. The maximum Gasteiger partial charge on any atom is 0.303 e. The number of benzene rings is 1. The van der Waals surface area contributed by atoms with E-state index in [0.717, 1.165) is 28.8 Å². The molecule has 156 valence electrons. The van der Waals surface area contributed by atoms with E-state index < -0.39 is 23.5 Å². The van der Waals surface area contributed by atoms with E-state index in [-0.39, 0.29) is 23.1 Å². The summed E-state index contributed by atoms with van der Waals surface area (Å²) in [6.07, 6.45) is 3.16. The van der Waals surface area contributed by atoms with Gasteiger partial charge in [-0.1, -0.05) is 12.5 Å². The molecule has 6 nitrogen and oxygen atoms in total. The molecule has 0 unspecified atom stereocenters. The van der Waals surface area contributed by atoms with Crippen LogP contribution in [0.2, 0.25) is 0 Å². The minimum atomic E-state index is -0.982. The molecule has 1 aliphatic rings. The molecule has 1 aromatic heterocycles. The number of aromatic nitrogens is 1. The molecule has 0 aliphatic carbocycles. The Hall–Kier alpha value is -3.07. The van der Waals surface area contributed by atoms with Gasteiger partial charge in [0, 0.05) is 18.5 Å². The van der Waals surface area contributed by atoms with Crippen LogP contribution in [0.3, 0.4) is 0 Å². The van der Waals surface area contributed by atoms with E-state index in [1.165, 1.54) is 12.1 Å². The van der Waals surface area contributed by atoms with Gasteiger partial charge in [0.1, 0.15) is 0 Å². The minimum absolute atomic E-state index is 0.0573. The second-order valence-corrected chi connectivity index (χ2v) is 7.61. The van der Waals surface area contributed by atoms with Crippen molar-refractivity contribution >= 4 is 35.0 Å². The Morgan fingerprint density at radius 1 is 1.10 bits per heavy atom. The summed E-state index contributed by atoms with van der Waals surface area (Å²) in [6.45, 7) is 0.226. The van der Waals surface area contributed by atoms with Crippen LogP contribution in [-0.2, 0) is 9.59 Å². The highest BCUT2D eigenvalue weighted by Gasteiger charge is 2.34. The number of rotatable bonds is 8. The number of thioether (sulfide) groups is 1. The molecule has 1 N–H and O–H groups in total. The summed E-state index contributed by atoms with van der Waals surface area (Å²) in [4.78, 5) is 40.9. The summed E-state index contributed by atoms with van der Waals surface area (Å²) in [5.74, 6) is -3.24. The summed E-state index contributed by atoms with van der Waals surface area (Å²) in [6, 6.07) is 8.40. The number of hydrogen-bond acceptors (Lipinski definition) is 5. The van der Waals surface area contributed by atoms with E-state index >= 15 is 0 Å². The minimum Gasteiger partial charge on any atom is -0.481 e. The first-order valence-electron chi connectivity index (χ1n) is 9.25. The lowest BCUT2D eigenvalue weighted by atomic mass is 10.1. The average Bonchev–Trinajstić information content (AvgIpc) is 2.97. The first-order valence-corrected chi connectivity index (χ1v) is 10.1. The number of halogens is 2. The van der Waals surface area contributed by atoms with Crippen molar-refractivity contribution in [3.63, 3.8) is 0 Å². The predicted molar refractivity (Wildman–Crippen MR) is 108 cm³/mol. The van der Waals surface area contributed by atoms with Crippen LogP contribution in [0.25, 0.3) is 17.3 Å². The fourth-order valence-electron chi connectivity index (χ4n) is 2.90. The molecule has 1 fully saturated rings. The monoisotopic (exact) mass is 432 g/mol. The zero-order valence-corrected chi connectivity index (χ0v) is 16.6. The third-order valence-electron chi connectivity index (χ3n) is 4.41. The number of imide groups is 1. The molecular weight excluding hydrogens is 414 g/mol. The van der Waals surface area contributed by atoms with Gasteiger partial charge in [-0.15, -0.1) is 0 Å². The maximum absolute atomic E-state index is 13.5. The molecule has 2 aromatic rings. The molecular formula is C21H18F2N2O4S. The normalized spacial score (nSPS) is 15.3. The molecule has 3 rings (SSSR count). The van der Waals surface area contributed by atoms with Crippen LogP contribution in [-0.4, -0.2) is 38.7 Å². The second-order valence-electron chi connectivity index (χ2n) is 6.61. The standard InChI is InChI=1S/C21H18F2N2O4S/c22-15-9-8-13(11-16(15)23)17-6-4-5-14(24-17)12-18-20(28)25(21(29)30-18)10-3-1-2-7-19(26)27/h4-6,8-9,11-12H,1-3,7,10H2,(H,26,27)/b18-12-. The van der Waals surface area contributed by atoms with Crippen LogP contribution < -0.4 is 0 Å². The zero-order valence-electron chi connectivity index (χ0n) is 15.8. The van der Waals surface area contributed by atoms with Crippen molar-refractivity contribution in [3.05, 3.63) is 58.6 Å². The van der Waals surface area contributed by atoms with E-state index in [0.29, 0.717) is 36.2 Å². The van der Waals surface area contributed by atoms with Crippen molar-refractivity contribution in [2.45, 2.75) is 25.7 Å². The largest absolute Gasteiger partial charge is 0.481 e. The fraction of sp³-hybridized carbons (Fsp3) is 0.238. The highest BCUT2D eigenvalue weighted by molar-refractivity contribution is 8.18. The van der Waals surface area contributed by atoms with Crippen molar-refractivity contribution in [2.75, 3.05) is 6.54 Å². The van der Waals surface area contributed by atoms with Crippen molar-refractivity contribution in [1.82, 2.24) is 9.88 Å². The number of carbonyl (C=O) groups is 3. The fourth-order valence-corrected chi connectivity index (χ4v) is 3.75. The number of carbonyl (C=O) groups excluding carboxylic acids is 2. The number of nitrogens with zero attached hydrogens (tertiary/aromatic N) is 2. The van der Waals surface area contributed by atoms with Crippen LogP contribution in [0, 0.1) is 11.6 Å². The summed E-state index contributed by atoms with van der Waals surface area (Å²) >= 11 is 0.806. The number of hydrogen-bond donors (Lipinski definition) is 1. The zero-order chi connectivity index (χ0) is 21.7. The average molecular weight is 432 g/mol. The molecule has 9 heteroatoms. The van der Waals surface area contributed by atoms with Gasteiger partial charge in [-0.05, 0) is 61.0 Å². The first-order chi connectivity index (χ1) is 14.3. The van der Waals surface area contributed by atoms with Gasteiger partial charge in [0.25, 0.3) is 11.1 Å². The molecule has 0 spiro atoms. The molecule has 1 aromatic carbocycles. The Morgan fingerprint density at radius 3 is 2.63 bits per heavy atom. The van der Waals surface area contributed by atoms with E-state index in [1.807, 2.05) is 0 Å². The van der Waals surface area contributed by atoms with Crippen molar-refractivity contribution in [1.29, 1.82) is 0 Å². The Bertz CT molecular complexity index is 1030. The van der Waals surface area contributed by atoms with Gasteiger partial charge >= 0.3 is 5.97 Å². The van der Waals surface area contributed by atoms with E-state index in [2.05, 4.69) is 4.98 Å². The van der Waals surface area contributed by atoms with E-state index in [4.69, 9.17) is 5.11 Å². The van der Waals surface area contributed by atoms with Crippen LogP contribution in [0.5, 0.6) is 0 Å². The lowest BCUT2D eigenvalue weighted by Crippen LogP contribution is -2.29. The quantitative estimate of drug-likeness (QED) is 0.480. The molecule has 2 amide bonds. The summed E-state index contributed by atoms with van der Waals surface area (Å²) in [7, 11) is 0. The smallest absolute Gasteiger partial charge is 0.303 e. The molecule has 0 saturated carbocycles.